The predicted molar refractivity (Wildman–Crippen MR) is 78.2 cm³/mol. The molecule has 0 aromatic carbocycles. The Labute approximate surface area is 121 Å². The van der Waals surface area contributed by atoms with Crippen LogP contribution in [0.1, 0.15) is 39.0 Å². The molecule has 2 fully saturated rings. The van der Waals surface area contributed by atoms with E-state index in [9.17, 15) is 9.59 Å². The molecule has 1 saturated carbocycles. The number of hydrogen-bond acceptors (Lipinski definition) is 3. The van der Waals surface area contributed by atoms with Crippen molar-refractivity contribution in [1.29, 1.82) is 0 Å². The minimum atomic E-state index is -0.0102. The third-order valence-corrected chi connectivity index (χ3v) is 4.86. The van der Waals surface area contributed by atoms with Crippen molar-refractivity contribution < 1.29 is 9.59 Å². The first kappa shape index (κ1) is 15.3. The molecule has 5 heteroatoms. The molecule has 0 aromatic rings. The second-order valence-corrected chi connectivity index (χ2v) is 6.22. The molecular weight excluding hydrogens is 254 g/mol. The predicted octanol–water partition coefficient (Wildman–Crippen LogP) is 0.749. The second-order valence-electron chi connectivity index (χ2n) is 6.22. The molecule has 2 N–H and O–H groups in total. The molecule has 0 aromatic heterocycles. The largest absolute Gasteiger partial charge is 0.347 e. The first-order valence-corrected chi connectivity index (χ1v) is 7.83. The summed E-state index contributed by atoms with van der Waals surface area (Å²) < 4.78 is 0. The van der Waals surface area contributed by atoms with Gasteiger partial charge in [-0.05, 0) is 31.8 Å². The Hall–Kier alpha value is -1.10. The molecular formula is C15H27N3O2. The maximum atomic E-state index is 12.1. The third kappa shape index (κ3) is 3.72. The molecule has 114 valence electrons. The lowest BCUT2D eigenvalue weighted by Gasteiger charge is -2.33. The average molecular weight is 281 g/mol. The zero-order chi connectivity index (χ0) is 14.5. The lowest BCUT2D eigenvalue weighted by atomic mass is 9.88. The van der Waals surface area contributed by atoms with E-state index < -0.39 is 0 Å². The van der Waals surface area contributed by atoms with Crippen LogP contribution in [0, 0.1) is 11.8 Å². The average Bonchev–Trinajstić information content (AvgIpc) is 2.42. The summed E-state index contributed by atoms with van der Waals surface area (Å²) in [4.78, 5) is 25.9. The van der Waals surface area contributed by atoms with E-state index in [4.69, 9.17) is 0 Å². The van der Waals surface area contributed by atoms with E-state index in [0.29, 0.717) is 12.0 Å². The van der Waals surface area contributed by atoms with Crippen molar-refractivity contribution >= 4 is 11.8 Å². The first-order valence-electron chi connectivity index (χ1n) is 7.83. The van der Waals surface area contributed by atoms with Crippen LogP contribution in [0.15, 0.2) is 0 Å². The van der Waals surface area contributed by atoms with Gasteiger partial charge in [-0.3, -0.25) is 9.59 Å². The zero-order valence-electron chi connectivity index (χ0n) is 12.7. The van der Waals surface area contributed by atoms with Gasteiger partial charge in [0.15, 0.2) is 0 Å². The minimum absolute atomic E-state index is 0.00175. The van der Waals surface area contributed by atoms with Crippen molar-refractivity contribution in [1.82, 2.24) is 15.5 Å². The van der Waals surface area contributed by atoms with E-state index in [1.807, 2.05) is 18.9 Å². The molecule has 1 aliphatic carbocycles. The number of hydrogen-bond donors (Lipinski definition) is 2. The number of rotatable bonds is 5. The normalized spacial score (nSPS) is 21.9. The molecule has 1 atom stereocenters. The van der Waals surface area contributed by atoms with Crippen LogP contribution in [0.4, 0.5) is 0 Å². The smallest absolute Gasteiger partial charge is 0.241 e. The van der Waals surface area contributed by atoms with Gasteiger partial charge in [0.1, 0.15) is 0 Å². The summed E-state index contributed by atoms with van der Waals surface area (Å²) in [5.41, 5.74) is 0. The number of amides is 2. The number of nitrogens with one attached hydrogen (secondary N) is 2. The van der Waals surface area contributed by atoms with Crippen LogP contribution in [-0.4, -0.2) is 49.4 Å². The van der Waals surface area contributed by atoms with E-state index in [1.54, 1.807) is 0 Å². The molecule has 0 radical (unpaired) electrons. The van der Waals surface area contributed by atoms with Crippen LogP contribution in [0.2, 0.25) is 0 Å². The lowest BCUT2D eigenvalue weighted by Crippen LogP contribution is -2.51. The lowest BCUT2D eigenvalue weighted by molar-refractivity contribution is -0.135. The fourth-order valence-electron chi connectivity index (χ4n) is 3.00. The monoisotopic (exact) mass is 281 g/mol. The third-order valence-electron chi connectivity index (χ3n) is 4.86. The Morgan fingerprint density at radius 3 is 2.45 bits per heavy atom. The van der Waals surface area contributed by atoms with Gasteiger partial charge in [-0.15, -0.1) is 0 Å². The maximum absolute atomic E-state index is 12.1. The zero-order valence-corrected chi connectivity index (χ0v) is 12.7. The number of carbonyl (C=O) groups excluding carboxylic acids is 2. The van der Waals surface area contributed by atoms with Crippen LogP contribution >= 0.6 is 0 Å². The maximum Gasteiger partial charge on any atom is 0.241 e. The molecule has 0 spiro atoms. The summed E-state index contributed by atoms with van der Waals surface area (Å²) >= 11 is 0. The first-order chi connectivity index (χ1) is 9.59. The van der Waals surface area contributed by atoms with Crippen LogP contribution in [0.3, 0.4) is 0 Å². The molecule has 1 heterocycles. The van der Waals surface area contributed by atoms with Crippen molar-refractivity contribution in [3.8, 4) is 0 Å². The van der Waals surface area contributed by atoms with Gasteiger partial charge in [0.05, 0.1) is 6.54 Å². The Morgan fingerprint density at radius 2 is 1.90 bits per heavy atom. The van der Waals surface area contributed by atoms with Crippen LogP contribution in [0.25, 0.3) is 0 Å². The Kier molecular flexibility index (Phi) is 5.40. The summed E-state index contributed by atoms with van der Waals surface area (Å²) in [6.07, 6.45) is 5.89. The van der Waals surface area contributed by atoms with Gasteiger partial charge >= 0.3 is 0 Å². The molecule has 1 unspecified atom stereocenters. The summed E-state index contributed by atoms with van der Waals surface area (Å²) in [5.74, 6) is 0.441. The van der Waals surface area contributed by atoms with Crippen molar-refractivity contribution in [3.63, 3.8) is 0 Å². The van der Waals surface area contributed by atoms with E-state index >= 15 is 0 Å². The number of likely N-dealkylation sites (N-methyl/N-ethyl adjacent to an activating group) is 1. The van der Waals surface area contributed by atoms with Crippen LogP contribution in [0.5, 0.6) is 0 Å². The van der Waals surface area contributed by atoms with Crippen molar-refractivity contribution in [2.24, 2.45) is 11.8 Å². The summed E-state index contributed by atoms with van der Waals surface area (Å²) in [6.45, 7) is 3.89. The Bertz CT molecular complexity index is 349. The highest BCUT2D eigenvalue weighted by Crippen LogP contribution is 2.21. The van der Waals surface area contributed by atoms with Gasteiger partial charge in [0.2, 0.25) is 11.8 Å². The quantitative estimate of drug-likeness (QED) is 0.782. The van der Waals surface area contributed by atoms with E-state index in [1.165, 1.54) is 19.3 Å². The van der Waals surface area contributed by atoms with Crippen molar-refractivity contribution in [3.05, 3.63) is 0 Å². The van der Waals surface area contributed by atoms with E-state index in [-0.39, 0.29) is 24.3 Å². The second kappa shape index (κ2) is 7.07. The topological polar surface area (TPSA) is 61.4 Å². The van der Waals surface area contributed by atoms with Crippen LogP contribution < -0.4 is 10.6 Å². The molecule has 0 bridgehead atoms. The highest BCUT2D eigenvalue weighted by molar-refractivity contribution is 5.85. The minimum Gasteiger partial charge on any atom is -0.347 e. The van der Waals surface area contributed by atoms with E-state index in [2.05, 4.69) is 10.6 Å². The molecule has 1 saturated heterocycles. The van der Waals surface area contributed by atoms with Gasteiger partial charge in [-0.2, -0.15) is 0 Å². The molecule has 2 aliphatic rings. The van der Waals surface area contributed by atoms with Gasteiger partial charge in [0, 0.05) is 19.0 Å². The van der Waals surface area contributed by atoms with Crippen LogP contribution in [-0.2, 0) is 9.59 Å². The SMILES string of the molecule is CC(C(=O)NCC(=O)N(C)C1CCCCC1)C1CNC1. The molecule has 1 aliphatic heterocycles. The van der Waals surface area contributed by atoms with Crippen molar-refractivity contribution in [2.45, 2.75) is 45.1 Å². The standard InChI is InChI=1S/C15H27N3O2/c1-11(12-8-16-9-12)15(20)17-10-14(19)18(2)13-6-4-3-5-7-13/h11-13,16H,3-10H2,1-2H3,(H,17,20). The van der Waals surface area contributed by atoms with Crippen molar-refractivity contribution in [2.75, 3.05) is 26.7 Å². The summed E-state index contributed by atoms with van der Waals surface area (Å²) in [5, 5.41) is 5.96. The van der Waals surface area contributed by atoms with E-state index in [0.717, 1.165) is 25.9 Å². The Morgan fingerprint density at radius 1 is 1.25 bits per heavy atom. The highest BCUT2D eigenvalue weighted by atomic mass is 16.2. The summed E-state index contributed by atoms with van der Waals surface area (Å²) in [6, 6.07) is 0.362. The molecule has 5 nitrogen and oxygen atoms in total. The number of nitrogens with zero attached hydrogens (tertiary/aromatic N) is 1. The van der Waals surface area contributed by atoms with Gasteiger partial charge in [0.25, 0.3) is 0 Å². The Balaban J connectivity index is 1.71. The molecule has 2 rings (SSSR count). The van der Waals surface area contributed by atoms with Gasteiger partial charge < -0.3 is 15.5 Å². The van der Waals surface area contributed by atoms with Gasteiger partial charge in [-0.25, -0.2) is 0 Å². The highest BCUT2D eigenvalue weighted by Gasteiger charge is 2.29. The molecule has 2 amide bonds. The van der Waals surface area contributed by atoms with Gasteiger partial charge in [-0.1, -0.05) is 26.2 Å². The number of carbonyl (C=O) groups is 2. The fourth-order valence-corrected chi connectivity index (χ4v) is 3.00. The molecule has 20 heavy (non-hydrogen) atoms. The fraction of sp³-hybridized carbons (Fsp3) is 0.867. The summed E-state index contributed by atoms with van der Waals surface area (Å²) in [7, 11) is 1.86.